The molecule has 0 spiro atoms. The van der Waals surface area contributed by atoms with Crippen LogP contribution in [0.4, 0.5) is 0 Å². The maximum absolute atomic E-state index is 13.6. The zero-order chi connectivity index (χ0) is 27.5. The lowest BCUT2D eigenvalue weighted by atomic mass is 10.1. The second kappa shape index (κ2) is 11.9. The van der Waals surface area contributed by atoms with Gasteiger partial charge in [-0.1, -0.05) is 46.6 Å². The fourth-order valence-corrected chi connectivity index (χ4v) is 5.82. The number of aromatic nitrogens is 3. The van der Waals surface area contributed by atoms with Crippen LogP contribution in [0.25, 0.3) is 16.4 Å². The van der Waals surface area contributed by atoms with Crippen molar-refractivity contribution in [2.75, 3.05) is 26.2 Å². The summed E-state index contributed by atoms with van der Waals surface area (Å²) in [5.74, 6) is 0.388. The van der Waals surface area contributed by atoms with Crippen molar-refractivity contribution in [1.82, 2.24) is 24.6 Å². The number of nitrogens with zero attached hydrogens (tertiary/aromatic N) is 5. The molecule has 8 nitrogen and oxygen atoms in total. The Labute approximate surface area is 244 Å². The van der Waals surface area contributed by atoms with Crippen LogP contribution in [-0.2, 0) is 11.2 Å². The van der Waals surface area contributed by atoms with Crippen molar-refractivity contribution in [1.29, 1.82) is 0 Å². The van der Waals surface area contributed by atoms with Crippen LogP contribution in [0.5, 0.6) is 5.75 Å². The van der Waals surface area contributed by atoms with Gasteiger partial charge in [-0.15, -0.1) is 11.3 Å². The molecule has 0 bridgehead atoms. The first-order chi connectivity index (χ1) is 18.8. The van der Waals surface area contributed by atoms with Crippen molar-refractivity contribution in [2.45, 2.75) is 26.3 Å². The molecular weight excluding hydrogens is 602 g/mol. The highest BCUT2D eigenvalue weighted by atomic mass is 79.9. The van der Waals surface area contributed by atoms with Crippen LogP contribution >= 0.6 is 38.9 Å². The summed E-state index contributed by atoms with van der Waals surface area (Å²) < 4.78 is 8.40. The number of carbonyl (C=O) groups excluding carboxylic acids is 2. The summed E-state index contributed by atoms with van der Waals surface area (Å²) in [5, 5.41) is 7.86. The van der Waals surface area contributed by atoms with Crippen molar-refractivity contribution in [3.8, 4) is 22.1 Å². The van der Waals surface area contributed by atoms with Crippen LogP contribution in [0, 0.1) is 0 Å². The molecule has 0 saturated carbocycles. The van der Waals surface area contributed by atoms with Crippen LogP contribution in [0.1, 0.15) is 29.9 Å². The topological polar surface area (TPSA) is 80.6 Å². The molecule has 11 heteroatoms. The second-order valence-electron chi connectivity index (χ2n) is 9.22. The van der Waals surface area contributed by atoms with Gasteiger partial charge in [0.15, 0.2) is 6.61 Å². The molecule has 2 amide bonds. The lowest BCUT2D eigenvalue weighted by Crippen LogP contribution is -2.56. The van der Waals surface area contributed by atoms with E-state index in [1.165, 1.54) is 11.3 Å². The first-order valence-corrected chi connectivity index (χ1v) is 14.6. The highest BCUT2D eigenvalue weighted by Gasteiger charge is 2.32. The standard InChI is InChI=1S/C28H27BrClN5O3S/c1-3-25-23(14-31-35(25)28-32-24(17-39-28)19-4-6-20(29)7-5-19)27(37)33-12-13-34(18(2)15-33)26(36)16-38-22-10-8-21(30)9-11-22/h4-11,14,17-18H,3,12-13,15-16H2,1-2H3. The maximum Gasteiger partial charge on any atom is 0.260 e. The normalized spacial score (nSPS) is 15.4. The van der Waals surface area contributed by atoms with E-state index >= 15 is 0 Å². The molecule has 0 aliphatic carbocycles. The Kier molecular flexibility index (Phi) is 8.34. The number of thiazole rings is 1. The van der Waals surface area contributed by atoms with Crippen molar-refractivity contribution < 1.29 is 14.3 Å². The smallest absolute Gasteiger partial charge is 0.260 e. The molecule has 1 aliphatic heterocycles. The van der Waals surface area contributed by atoms with Gasteiger partial charge in [-0.25, -0.2) is 9.67 Å². The Morgan fingerprint density at radius 3 is 2.56 bits per heavy atom. The van der Waals surface area contributed by atoms with Gasteiger partial charge in [0.1, 0.15) is 5.75 Å². The van der Waals surface area contributed by atoms with Crippen LogP contribution in [0.3, 0.4) is 0 Å². The van der Waals surface area contributed by atoms with Gasteiger partial charge in [-0.2, -0.15) is 5.10 Å². The third-order valence-corrected chi connectivity index (χ3v) is 8.26. The molecule has 1 atom stereocenters. The molecule has 4 aromatic rings. The monoisotopic (exact) mass is 627 g/mol. The Hall–Kier alpha value is -3.21. The minimum Gasteiger partial charge on any atom is -0.484 e. The number of hydrogen-bond acceptors (Lipinski definition) is 6. The van der Waals surface area contributed by atoms with Crippen LogP contribution in [-0.4, -0.2) is 68.7 Å². The average molecular weight is 629 g/mol. The minimum atomic E-state index is -0.142. The molecule has 1 saturated heterocycles. The zero-order valence-corrected chi connectivity index (χ0v) is 24.7. The quantitative estimate of drug-likeness (QED) is 0.261. The number of benzene rings is 2. The molecule has 3 heterocycles. The van der Waals surface area contributed by atoms with Crippen LogP contribution in [0.2, 0.25) is 5.02 Å². The number of carbonyl (C=O) groups is 2. The second-order valence-corrected chi connectivity index (χ2v) is 11.4. The van der Waals surface area contributed by atoms with E-state index in [0.29, 0.717) is 47.5 Å². The van der Waals surface area contributed by atoms with E-state index in [1.54, 1.807) is 44.9 Å². The van der Waals surface area contributed by atoms with Crippen molar-refractivity contribution in [2.24, 2.45) is 0 Å². The van der Waals surface area contributed by atoms with Gasteiger partial charge in [0, 0.05) is 46.1 Å². The van der Waals surface area contributed by atoms with Crippen LogP contribution < -0.4 is 4.74 Å². The number of ether oxygens (including phenoxy) is 1. The fraction of sp³-hybridized carbons (Fsp3) is 0.286. The molecule has 2 aromatic heterocycles. The Morgan fingerprint density at radius 1 is 1.13 bits per heavy atom. The zero-order valence-electron chi connectivity index (χ0n) is 21.5. The van der Waals surface area contributed by atoms with Gasteiger partial charge < -0.3 is 14.5 Å². The van der Waals surface area contributed by atoms with Gasteiger partial charge in [0.2, 0.25) is 5.13 Å². The van der Waals surface area contributed by atoms with Crippen LogP contribution in [0.15, 0.2) is 64.6 Å². The number of hydrogen-bond donors (Lipinski definition) is 0. The predicted octanol–water partition coefficient (Wildman–Crippen LogP) is 5.73. The number of halogens is 2. The summed E-state index contributed by atoms with van der Waals surface area (Å²) in [5.41, 5.74) is 3.26. The molecule has 202 valence electrons. The molecule has 0 radical (unpaired) electrons. The van der Waals surface area contributed by atoms with Gasteiger partial charge in [-0.05, 0) is 49.7 Å². The average Bonchev–Trinajstić information content (AvgIpc) is 3.60. The summed E-state index contributed by atoms with van der Waals surface area (Å²) >= 11 is 10.9. The first-order valence-electron chi connectivity index (χ1n) is 12.6. The van der Waals surface area contributed by atoms with Gasteiger partial charge in [-0.3, -0.25) is 9.59 Å². The van der Waals surface area contributed by atoms with E-state index in [9.17, 15) is 9.59 Å². The van der Waals surface area contributed by atoms with Gasteiger partial charge in [0.25, 0.3) is 11.8 Å². The molecule has 0 N–H and O–H groups in total. The van der Waals surface area contributed by atoms with E-state index in [-0.39, 0.29) is 24.5 Å². The summed E-state index contributed by atoms with van der Waals surface area (Å²) in [6.45, 7) is 5.20. The van der Waals surface area contributed by atoms with E-state index in [0.717, 1.165) is 21.4 Å². The third kappa shape index (κ3) is 6.03. The number of rotatable bonds is 7. The predicted molar refractivity (Wildman–Crippen MR) is 156 cm³/mol. The molecule has 39 heavy (non-hydrogen) atoms. The maximum atomic E-state index is 13.6. The largest absolute Gasteiger partial charge is 0.484 e. The van der Waals surface area contributed by atoms with E-state index in [1.807, 2.05) is 43.5 Å². The van der Waals surface area contributed by atoms with Gasteiger partial charge in [0.05, 0.1) is 23.1 Å². The molecule has 1 fully saturated rings. The lowest BCUT2D eigenvalue weighted by molar-refractivity contribution is -0.137. The number of amides is 2. The van der Waals surface area contributed by atoms with E-state index in [4.69, 9.17) is 21.3 Å². The third-order valence-electron chi connectivity index (χ3n) is 6.66. The van der Waals surface area contributed by atoms with E-state index < -0.39 is 0 Å². The molecule has 1 aliphatic rings. The van der Waals surface area contributed by atoms with Crippen molar-refractivity contribution >= 4 is 50.7 Å². The summed E-state index contributed by atoms with van der Waals surface area (Å²) in [6, 6.07) is 14.7. The highest BCUT2D eigenvalue weighted by molar-refractivity contribution is 9.10. The summed E-state index contributed by atoms with van der Waals surface area (Å²) in [4.78, 5) is 34.7. The van der Waals surface area contributed by atoms with Gasteiger partial charge >= 0.3 is 0 Å². The SMILES string of the molecule is CCc1c(C(=O)N2CCN(C(=O)COc3ccc(Cl)cc3)C(C)C2)cnn1-c1nc(-c2ccc(Br)cc2)cs1. The molecule has 1 unspecified atom stereocenters. The Bertz CT molecular complexity index is 1470. The first kappa shape index (κ1) is 27.4. The Morgan fingerprint density at radius 2 is 1.87 bits per heavy atom. The summed E-state index contributed by atoms with van der Waals surface area (Å²) in [6.07, 6.45) is 2.26. The number of piperazine rings is 1. The fourth-order valence-electron chi connectivity index (χ4n) is 4.61. The van der Waals surface area contributed by atoms with E-state index in [2.05, 4.69) is 21.0 Å². The summed E-state index contributed by atoms with van der Waals surface area (Å²) in [7, 11) is 0. The Balaban J connectivity index is 1.24. The molecule has 2 aromatic carbocycles. The van der Waals surface area contributed by atoms with Crippen molar-refractivity contribution in [3.05, 3.63) is 80.9 Å². The van der Waals surface area contributed by atoms with Crippen molar-refractivity contribution in [3.63, 3.8) is 0 Å². The lowest BCUT2D eigenvalue weighted by Gasteiger charge is -2.39. The molecule has 5 rings (SSSR count). The minimum absolute atomic E-state index is 0.0667. The molecular formula is C28H27BrClN5O3S. The highest BCUT2D eigenvalue weighted by Crippen LogP contribution is 2.27.